The quantitative estimate of drug-likeness (QED) is 0.941. The molecule has 5 heteroatoms. The van der Waals surface area contributed by atoms with Crippen LogP contribution in [-0.2, 0) is 19.5 Å². The number of aromatic nitrogens is 2. The standard InChI is InChI=1S/C15H18ClN3O/c1-10-18-8-14(7-17-2)19(10)9-12-6-13(16)5-11-3-4-20-15(11)12/h5-6,8,17H,3-4,7,9H2,1-2H3. The highest BCUT2D eigenvalue weighted by Crippen LogP contribution is 2.33. The zero-order valence-electron chi connectivity index (χ0n) is 11.7. The summed E-state index contributed by atoms with van der Waals surface area (Å²) in [4.78, 5) is 4.40. The van der Waals surface area contributed by atoms with E-state index in [2.05, 4.69) is 14.9 Å². The fourth-order valence-corrected chi connectivity index (χ4v) is 2.95. The van der Waals surface area contributed by atoms with Crippen molar-refractivity contribution in [3.63, 3.8) is 0 Å². The molecule has 0 unspecified atom stereocenters. The first-order chi connectivity index (χ1) is 9.69. The van der Waals surface area contributed by atoms with E-state index in [-0.39, 0.29) is 0 Å². The maximum absolute atomic E-state index is 6.22. The Morgan fingerprint density at radius 3 is 3.10 bits per heavy atom. The lowest BCUT2D eigenvalue weighted by molar-refractivity contribution is 0.352. The van der Waals surface area contributed by atoms with Crippen LogP contribution in [0.1, 0.15) is 22.6 Å². The molecule has 106 valence electrons. The van der Waals surface area contributed by atoms with E-state index in [1.54, 1.807) is 0 Å². The van der Waals surface area contributed by atoms with Crippen LogP contribution in [-0.4, -0.2) is 23.2 Å². The van der Waals surface area contributed by atoms with E-state index in [9.17, 15) is 0 Å². The zero-order valence-corrected chi connectivity index (χ0v) is 12.5. The van der Waals surface area contributed by atoms with E-state index in [1.165, 1.54) is 5.56 Å². The molecule has 4 nitrogen and oxygen atoms in total. The van der Waals surface area contributed by atoms with Gasteiger partial charge in [0, 0.05) is 29.7 Å². The summed E-state index contributed by atoms with van der Waals surface area (Å²) in [6, 6.07) is 4.00. The Labute approximate surface area is 123 Å². The molecule has 0 amide bonds. The van der Waals surface area contributed by atoms with Crippen molar-refractivity contribution < 1.29 is 4.74 Å². The Bertz CT molecular complexity index is 636. The third-order valence-electron chi connectivity index (χ3n) is 3.65. The normalized spacial score (nSPS) is 13.3. The van der Waals surface area contributed by atoms with Gasteiger partial charge in [0.25, 0.3) is 0 Å². The van der Waals surface area contributed by atoms with Crippen LogP contribution in [0.15, 0.2) is 18.3 Å². The first kappa shape index (κ1) is 13.5. The Hall–Kier alpha value is -1.52. The van der Waals surface area contributed by atoms with Crippen LogP contribution in [0, 0.1) is 6.92 Å². The van der Waals surface area contributed by atoms with Gasteiger partial charge >= 0.3 is 0 Å². The van der Waals surface area contributed by atoms with Crippen LogP contribution < -0.4 is 10.1 Å². The molecule has 1 N–H and O–H groups in total. The van der Waals surface area contributed by atoms with Crippen molar-refractivity contribution in [2.24, 2.45) is 0 Å². The summed E-state index contributed by atoms with van der Waals surface area (Å²) in [5.74, 6) is 2.00. The number of nitrogens with one attached hydrogen (secondary N) is 1. The number of halogens is 1. The number of imidazole rings is 1. The minimum atomic E-state index is 0.742. The predicted molar refractivity (Wildman–Crippen MR) is 79.5 cm³/mol. The van der Waals surface area contributed by atoms with Gasteiger partial charge in [-0.2, -0.15) is 0 Å². The molecule has 3 rings (SSSR count). The third kappa shape index (κ3) is 2.41. The van der Waals surface area contributed by atoms with E-state index in [4.69, 9.17) is 16.3 Å². The van der Waals surface area contributed by atoms with Crippen molar-refractivity contribution in [1.29, 1.82) is 0 Å². The van der Waals surface area contributed by atoms with Crippen molar-refractivity contribution in [2.75, 3.05) is 13.7 Å². The van der Waals surface area contributed by atoms with Gasteiger partial charge in [-0.3, -0.25) is 0 Å². The maximum atomic E-state index is 6.22. The number of ether oxygens (including phenoxy) is 1. The molecule has 0 atom stereocenters. The number of aryl methyl sites for hydroxylation is 1. The number of nitrogens with zero attached hydrogens (tertiary/aromatic N) is 2. The summed E-state index contributed by atoms with van der Waals surface area (Å²) in [6.45, 7) is 4.30. The Kier molecular flexibility index (Phi) is 3.68. The van der Waals surface area contributed by atoms with E-state index >= 15 is 0 Å². The Morgan fingerprint density at radius 1 is 1.45 bits per heavy atom. The molecule has 2 aromatic rings. The van der Waals surface area contributed by atoms with Crippen LogP contribution in [0.25, 0.3) is 0 Å². The molecule has 0 spiro atoms. The Morgan fingerprint density at radius 2 is 2.30 bits per heavy atom. The lowest BCUT2D eigenvalue weighted by Gasteiger charge is -2.13. The highest BCUT2D eigenvalue weighted by molar-refractivity contribution is 6.30. The topological polar surface area (TPSA) is 39.1 Å². The molecule has 0 aliphatic carbocycles. The molecular formula is C15H18ClN3O. The number of rotatable bonds is 4. The van der Waals surface area contributed by atoms with Crippen LogP contribution >= 0.6 is 11.6 Å². The smallest absolute Gasteiger partial charge is 0.127 e. The average Bonchev–Trinajstić information content (AvgIpc) is 3.00. The summed E-state index contributed by atoms with van der Waals surface area (Å²) in [5.41, 5.74) is 3.50. The van der Waals surface area contributed by atoms with Gasteiger partial charge in [0.05, 0.1) is 18.8 Å². The molecule has 1 aromatic carbocycles. The van der Waals surface area contributed by atoms with Gasteiger partial charge < -0.3 is 14.6 Å². The number of hydrogen-bond acceptors (Lipinski definition) is 3. The first-order valence-electron chi connectivity index (χ1n) is 6.78. The first-order valence-corrected chi connectivity index (χ1v) is 7.16. The highest BCUT2D eigenvalue weighted by Gasteiger charge is 2.19. The SMILES string of the molecule is CNCc1cnc(C)n1Cc1cc(Cl)cc2c1OCC2. The second kappa shape index (κ2) is 5.46. The van der Waals surface area contributed by atoms with Crippen molar-refractivity contribution in [1.82, 2.24) is 14.9 Å². The summed E-state index contributed by atoms with van der Waals surface area (Å²) in [5, 5.41) is 3.94. The van der Waals surface area contributed by atoms with E-state index < -0.39 is 0 Å². The molecule has 0 radical (unpaired) electrons. The summed E-state index contributed by atoms with van der Waals surface area (Å²) >= 11 is 6.22. The third-order valence-corrected chi connectivity index (χ3v) is 3.87. The van der Waals surface area contributed by atoms with Crippen molar-refractivity contribution >= 4 is 11.6 Å². The monoisotopic (exact) mass is 291 g/mol. The molecule has 20 heavy (non-hydrogen) atoms. The summed E-state index contributed by atoms with van der Waals surface area (Å²) < 4.78 is 7.96. The van der Waals surface area contributed by atoms with Crippen molar-refractivity contribution in [3.8, 4) is 5.75 Å². The van der Waals surface area contributed by atoms with Crippen LogP contribution in [0.3, 0.4) is 0 Å². The molecule has 1 aliphatic heterocycles. The number of benzene rings is 1. The maximum Gasteiger partial charge on any atom is 0.127 e. The second-order valence-corrected chi connectivity index (χ2v) is 5.50. The molecule has 1 aromatic heterocycles. The second-order valence-electron chi connectivity index (χ2n) is 5.06. The van der Waals surface area contributed by atoms with Gasteiger partial charge in [-0.1, -0.05) is 11.6 Å². The van der Waals surface area contributed by atoms with Gasteiger partial charge in [0.15, 0.2) is 0 Å². The van der Waals surface area contributed by atoms with E-state index in [1.807, 2.05) is 32.3 Å². The van der Waals surface area contributed by atoms with Gasteiger partial charge in [0.1, 0.15) is 11.6 Å². The highest BCUT2D eigenvalue weighted by atomic mass is 35.5. The van der Waals surface area contributed by atoms with Crippen LogP contribution in [0.2, 0.25) is 5.02 Å². The summed E-state index contributed by atoms with van der Waals surface area (Å²) in [6.07, 6.45) is 2.85. The summed E-state index contributed by atoms with van der Waals surface area (Å²) in [7, 11) is 1.94. The number of fused-ring (bicyclic) bond motifs is 1. The lowest BCUT2D eigenvalue weighted by Crippen LogP contribution is -2.13. The predicted octanol–water partition coefficient (Wildman–Crippen LogP) is 2.55. The fraction of sp³-hybridized carbons (Fsp3) is 0.400. The van der Waals surface area contributed by atoms with Crippen LogP contribution in [0.4, 0.5) is 0 Å². The van der Waals surface area contributed by atoms with Crippen molar-refractivity contribution in [3.05, 3.63) is 46.0 Å². The molecule has 0 fully saturated rings. The van der Waals surface area contributed by atoms with Gasteiger partial charge in [0.2, 0.25) is 0 Å². The van der Waals surface area contributed by atoms with Gasteiger partial charge in [-0.15, -0.1) is 0 Å². The fourth-order valence-electron chi connectivity index (χ4n) is 2.69. The molecule has 0 saturated carbocycles. The molecular weight excluding hydrogens is 274 g/mol. The van der Waals surface area contributed by atoms with E-state index in [0.29, 0.717) is 0 Å². The zero-order chi connectivity index (χ0) is 14.1. The minimum absolute atomic E-state index is 0.742. The largest absolute Gasteiger partial charge is 0.493 e. The van der Waals surface area contributed by atoms with Crippen molar-refractivity contribution in [2.45, 2.75) is 26.4 Å². The molecule has 2 heterocycles. The van der Waals surface area contributed by atoms with Crippen LogP contribution in [0.5, 0.6) is 5.75 Å². The molecule has 1 aliphatic rings. The van der Waals surface area contributed by atoms with Gasteiger partial charge in [-0.25, -0.2) is 4.98 Å². The molecule has 0 bridgehead atoms. The van der Waals surface area contributed by atoms with E-state index in [0.717, 1.165) is 54.0 Å². The average molecular weight is 292 g/mol. The Balaban J connectivity index is 1.98. The number of hydrogen-bond donors (Lipinski definition) is 1. The molecule has 0 saturated heterocycles. The minimum Gasteiger partial charge on any atom is -0.493 e. The van der Waals surface area contributed by atoms with Gasteiger partial charge in [-0.05, 0) is 31.7 Å². The lowest BCUT2D eigenvalue weighted by atomic mass is 10.1.